The summed E-state index contributed by atoms with van der Waals surface area (Å²) in [4.78, 5) is 18.8. The molecule has 2 N–H and O–H groups in total. The highest BCUT2D eigenvalue weighted by molar-refractivity contribution is 5.76. The number of likely N-dealkylation sites (tertiary alicyclic amines) is 1. The van der Waals surface area contributed by atoms with Gasteiger partial charge in [-0.25, -0.2) is 4.98 Å². The van der Waals surface area contributed by atoms with Crippen LogP contribution in [0.1, 0.15) is 30.7 Å². The predicted octanol–water partition coefficient (Wildman–Crippen LogP) is 1.42. The number of fused-ring (bicyclic) bond motifs is 1. The second-order valence-corrected chi connectivity index (χ2v) is 7.04. The Balaban J connectivity index is 1.23. The first kappa shape index (κ1) is 17.0. The molecule has 0 unspecified atom stereocenters. The number of aromatic nitrogens is 3. The SMILES string of the molecule is O=C(CCc1cc2n(n1)CCNC2)N1CCC(Nc2ccccn2)CC1. The predicted molar refractivity (Wildman–Crippen MR) is 99.7 cm³/mol. The molecule has 0 aromatic carbocycles. The van der Waals surface area contributed by atoms with E-state index in [9.17, 15) is 4.79 Å². The van der Waals surface area contributed by atoms with Gasteiger partial charge in [0.05, 0.1) is 17.9 Å². The number of hydrogen-bond acceptors (Lipinski definition) is 5. The molecule has 0 saturated carbocycles. The van der Waals surface area contributed by atoms with E-state index in [0.717, 1.165) is 63.5 Å². The van der Waals surface area contributed by atoms with Crippen molar-refractivity contribution in [2.24, 2.45) is 0 Å². The molecule has 0 atom stereocenters. The molecule has 7 nitrogen and oxygen atoms in total. The van der Waals surface area contributed by atoms with E-state index in [0.29, 0.717) is 12.5 Å². The van der Waals surface area contributed by atoms with Gasteiger partial charge in [0.25, 0.3) is 0 Å². The van der Waals surface area contributed by atoms with Gasteiger partial charge in [0.1, 0.15) is 5.82 Å². The van der Waals surface area contributed by atoms with E-state index in [1.807, 2.05) is 23.1 Å². The highest BCUT2D eigenvalue weighted by Crippen LogP contribution is 2.17. The van der Waals surface area contributed by atoms with Crippen molar-refractivity contribution in [1.29, 1.82) is 0 Å². The van der Waals surface area contributed by atoms with E-state index in [-0.39, 0.29) is 5.91 Å². The minimum absolute atomic E-state index is 0.241. The number of anilines is 1. The van der Waals surface area contributed by atoms with Crippen LogP contribution in [0.25, 0.3) is 0 Å². The zero-order valence-electron chi connectivity index (χ0n) is 15.0. The maximum absolute atomic E-state index is 12.5. The van der Waals surface area contributed by atoms with Crippen LogP contribution in [0.5, 0.6) is 0 Å². The van der Waals surface area contributed by atoms with Gasteiger partial charge in [-0.05, 0) is 31.0 Å². The Hall–Kier alpha value is -2.41. The maximum Gasteiger partial charge on any atom is 0.222 e. The third-order valence-electron chi connectivity index (χ3n) is 5.18. The van der Waals surface area contributed by atoms with Gasteiger partial charge in [-0.2, -0.15) is 5.10 Å². The normalized spacial score (nSPS) is 17.8. The zero-order chi connectivity index (χ0) is 17.8. The quantitative estimate of drug-likeness (QED) is 0.849. The molecule has 2 aromatic heterocycles. The third-order valence-corrected chi connectivity index (χ3v) is 5.18. The second kappa shape index (κ2) is 7.86. The Labute approximate surface area is 153 Å². The van der Waals surface area contributed by atoms with Crippen molar-refractivity contribution in [1.82, 2.24) is 25.0 Å². The summed E-state index contributed by atoms with van der Waals surface area (Å²) < 4.78 is 2.06. The monoisotopic (exact) mass is 354 g/mol. The molecule has 26 heavy (non-hydrogen) atoms. The molecular formula is C19H26N6O. The summed E-state index contributed by atoms with van der Waals surface area (Å²) in [5.41, 5.74) is 2.25. The Bertz CT molecular complexity index is 712. The standard InChI is InChI=1S/C19H26N6O/c26-19(5-4-16-13-17-14-20-9-12-25(17)23-16)24-10-6-15(7-11-24)22-18-3-1-2-8-21-18/h1-3,8,13,15,20H,4-7,9-12,14H2,(H,21,22). The summed E-state index contributed by atoms with van der Waals surface area (Å²) in [7, 11) is 0. The van der Waals surface area contributed by atoms with E-state index >= 15 is 0 Å². The maximum atomic E-state index is 12.5. The first-order valence-corrected chi connectivity index (χ1v) is 9.49. The van der Waals surface area contributed by atoms with Crippen LogP contribution < -0.4 is 10.6 Å². The molecule has 1 saturated heterocycles. The smallest absolute Gasteiger partial charge is 0.222 e. The molecule has 138 valence electrons. The number of amides is 1. The second-order valence-electron chi connectivity index (χ2n) is 7.04. The van der Waals surface area contributed by atoms with Crippen molar-refractivity contribution in [2.45, 2.75) is 44.8 Å². The molecule has 0 radical (unpaired) electrons. The lowest BCUT2D eigenvalue weighted by Gasteiger charge is -2.32. The fourth-order valence-electron chi connectivity index (χ4n) is 3.70. The summed E-state index contributed by atoms with van der Waals surface area (Å²) in [6.45, 7) is 4.38. The average Bonchev–Trinajstić information content (AvgIpc) is 3.10. The molecule has 0 bridgehead atoms. The fourth-order valence-corrected chi connectivity index (χ4v) is 3.70. The highest BCUT2D eigenvalue weighted by Gasteiger charge is 2.23. The van der Waals surface area contributed by atoms with Crippen LogP contribution >= 0.6 is 0 Å². The summed E-state index contributed by atoms with van der Waals surface area (Å²) >= 11 is 0. The van der Waals surface area contributed by atoms with Gasteiger partial charge in [0.15, 0.2) is 0 Å². The number of carbonyl (C=O) groups is 1. The Morgan fingerprint density at radius 1 is 1.27 bits per heavy atom. The van der Waals surface area contributed by atoms with Crippen LogP contribution in [-0.4, -0.2) is 51.2 Å². The van der Waals surface area contributed by atoms with Gasteiger partial charge >= 0.3 is 0 Å². The van der Waals surface area contributed by atoms with Crippen molar-refractivity contribution in [3.05, 3.63) is 41.9 Å². The molecule has 0 aliphatic carbocycles. The van der Waals surface area contributed by atoms with E-state index in [1.165, 1.54) is 5.69 Å². The fraction of sp³-hybridized carbons (Fsp3) is 0.526. The van der Waals surface area contributed by atoms with Crippen LogP contribution in [0.3, 0.4) is 0 Å². The van der Waals surface area contributed by atoms with Gasteiger partial charge in [-0.3, -0.25) is 9.48 Å². The lowest BCUT2D eigenvalue weighted by atomic mass is 10.0. The van der Waals surface area contributed by atoms with Gasteiger partial charge in [0.2, 0.25) is 5.91 Å². The number of nitrogens with one attached hydrogen (secondary N) is 2. The first-order valence-electron chi connectivity index (χ1n) is 9.49. The first-order chi connectivity index (χ1) is 12.8. The van der Waals surface area contributed by atoms with E-state index in [1.54, 1.807) is 6.20 Å². The molecule has 1 fully saturated rings. The minimum Gasteiger partial charge on any atom is -0.367 e. The number of nitrogens with zero attached hydrogens (tertiary/aromatic N) is 4. The number of rotatable bonds is 5. The Kier molecular flexibility index (Phi) is 5.15. The Morgan fingerprint density at radius 3 is 2.92 bits per heavy atom. The van der Waals surface area contributed by atoms with Gasteiger partial charge in [-0.1, -0.05) is 6.07 Å². The van der Waals surface area contributed by atoms with Crippen molar-refractivity contribution >= 4 is 11.7 Å². The lowest BCUT2D eigenvalue weighted by molar-refractivity contribution is -0.132. The van der Waals surface area contributed by atoms with Crippen LogP contribution in [0.4, 0.5) is 5.82 Å². The van der Waals surface area contributed by atoms with Crippen LogP contribution in [0, 0.1) is 0 Å². The van der Waals surface area contributed by atoms with Gasteiger partial charge in [-0.15, -0.1) is 0 Å². The molecule has 2 aliphatic rings. The number of carbonyl (C=O) groups excluding carboxylic acids is 1. The van der Waals surface area contributed by atoms with Crippen molar-refractivity contribution in [2.75, 3.05) is 25.0 Å². The lowest BCUT2D eigenvalue weighted by Crippen LogP contribution is -2.42. The average molecular weight is 354 g/mol. The topological polar surface area (TPSA) is 75.1 Å². The van der Waals surface area contributed by atoms with Crippen LogP contribution in [-0.2, 0) is 24.3 Å². The zero-order valence-corrected chi connectivity index (χ0v) is 15.0. The molecule has 2 aromatic rings. The minimum atomic E-state index is 0.241. The highest BCUT2D eigenvalue weighted by atomic mass is 16.2. The molecule has 2 aliphatic heterocycles. The molecule has 7 heteroatoms. The van der Waals surface area contributed by atoms with Crippen LogP contribution in [0.2, 0.25) is 0 Å². The number of pyridine rings is 1. The van der Waals surface area contributed by atoms with Crippen LogP contribution in [0.15, 0.2) is 30.5 Å². The van der Waals surface area contributed by atoms with Gasteiger partial charge in [0, 0.05) is 51.3 Å². The summed E-state index contributed by atoms with van der Waals surface area (Å²) in [6, 6.07) is 8.40. The van der Waals surface area contributed by atoms with Crippen molar-refractivity contribution in [3.8, 4) is 0 Å². The largest absolute Gasteiger partial charge is 0.367 e. The molecule has 1 amide bonds. The summed E-state index contributed by atoms with van der Waals surface area (Å²) in [5, 5.41) is 11.4. The van der Waals surface area contributed by atoms with Crippen molar-refractivity contribution < 1.29 is 4.79 Å². The molecular weight excluding hydrogens is 328 g/mol. The molecule has 4 rings (SSSR count). The molecule has 4 heterocycles. The number of aryl methyl sites for hydroxylation is 1. The van der Waals surface area contributed by atoms with Crippen molar-refractivity contribution in [3.63, 3.8) is 0 Å². The third kappa shape index (κ3) is 4.04. The molecule has 0 spiro atoms. The number of piperidine rings is 1. The summed E-state index contributed by atoms with van der Waals surface area (Å²) in [6.07, 6.45) is 5.00. The number of hydrogen-bond donors (Lipinski definition) is 2. The van der Waals surface area contributed by atoms with Gasteiger partial charge < -0.3 is 15.5 Å². The van der Waals surface area contributed by atoms with E-state index < -0.39 is 0 Å². The van der Waals surface area contributed by atoms with E-state index in [2.05, 4.69) is 31.5 Å². The Morgan fingerprint density at radius 2 is 2.15 bits per heavy atom. The van der Waals surface area contributed by atoms with E-state index in [4.69, 9.17) is 0 Å². The summed E-state index contributed by atoms with van der Waals surface area (Å²) in [5.74, 6) is 1.15.